The third kappa shape index (κ3) is 4.38. The Kier molecular flexibility index (Phi) is 5.66. The number of pyridine rings is 2. The van der Waals surface area contributed by atoms with Crippen LogP contribution < -0.4 is 5.32 Å². The molecule has 1 N–H and O–H groups in total. The monoisotopic (exact) mass is 440 g/mol. The lowest BCUT2D eigenvalue weighted by Gasteiger charge is -2.17. The number of nitrogens with one attached hydrogen (secondary N) is 1. The summed E-state index contributed by atoms with van der Waals surface area (Å²) in [4.78, 5) is 22.3. The first-order valence-corrected chi connectivity index (χ1v) is 10.9. The van der Waals surface area contributed by atoms with Gasteiger partial charge in [-0.25, -0.2) is 4.98 Å². The van der Waals surface area contributed by atoms with E-state index in [2.05, 4.69) is 32.4 Å². The Balaban J connectivity index is 1.55. The van der Waals surface area contributed by atoms with Crippen molar-refractivity contribution in [3.8, 4) is 22.6 Å². The zero-order valence-electron chi connectivity index (χ0n) is 18.5. The molecule has 4 aromatic rings. The van der Waals surface area contributed by atoms with E-state index >= 15 is 0 Å². The van der Waals surface area contributed by atoms with E-state index < -0.39 is 0 Å². The van der Waals surface area contributed by atoms with Crippen LogP contribution in [-0.2, 0) is 11.3 Å². The molecule has 0 fully saturated rings. The van der Waals surface area contributed by atoms with Crippen LogP contribution in [0.15, 0.2) is 61.1 Å². The van der Waals surface area contributed by atoms with Crippen molar-refractivity contribution >= 4 is 11.7 Å². The second kappa shape index (κ2) is 8.91. The van der Waals surface area contributed by atoms with Gasteiger partial charge in [0.1, 0.15) is 17.8 Å². The van der Waals surface area contributed by atoms with Crippen molar-refractivity contribution in [1.29, 1.82) is 0 Å². The van der Waals surface area contributed by atoms with Gasteiger partial charge in [0.05, 0.1) is 6.61 Å². The number of anilines is 1. The fraction of sp³-hybridized carbons (Fsp3) is 0.240. The topological polar surface area (TPSA) is 94.8 Å². The molecule has 2 bridgehead atoms. The Bertz CT molecular complexity index is 1300. The van der Waals surface area contributed by atoms with Gasteiger partial charge in [0, 0.05) is 35.7 Å². The molecule has 4 heterocycles. The molecule has 0 unspecified atom stereocenters. The molecule has 5 rings (SSSR count). The number of hydrogen-bond acceptors (Lipinski definition) is 6. The molecule has 8 nitrogen and oxygen atoms in total. The molecule has 8 heteroatoms. The number of aryl methyl sites for hydroxylation is 1. The Morgan fingerprint density at radius 1 is 1.12 bits per heavy atom. The molecule has 166 valence electrons. The first-order valence-electron chi connectivity index (χ1n) is 10.9. The predicted molar refractivity (Wildman–Crippen MR) is 125 cm³/mol. The van der Waals surface area contributed by atoms with Crippen LogP contribution in [0.4, 0.5) is 5.82 Å². The Labute approximate surface area is 191 Å². The molecule has 3 aromatic heterocycles. The van der Waals surface area contributed by atoms with Gasteiger partial charge in [-0.15, -0.1) is 10.2 Å². The van der Waals surface area contributed by atoms with E-state index in [1.165, 1.54) is 0 Å². The van der Waals surface area contributed by atoms with E-state index in [1.54, 1.807) is 12.4 Å². The molecule has 0 spiro atoms. The number of benzene rings is 1. The van der Waals surface area contributed by atoms with Gasteiger partial charge in [0.2, 0.25) is 0 Å². The van der Waals surface area contributed by atoms with E-state index in [4.69, 9.17) is 4.74 Å². The highest BCUT2D eigenvalue weighted by molar-refractivity contribution is 6.05. The number of amides is 1. The molecular weight excluding hydrogens is 416 g/mol. The smallest absolute Gasteiger partial charge is 0.257 e. The van der Waals surface area contributed by atoms with E-state index in [1.807, 2.05) is 60.2 Å². The van der Waals surface area contributed by atoms with E-state index in [0.29, 0.717) is 36.1 Å². The number of nitrogens with zero attached hydrogens (tertiary/aromatic N) is 5. The number of hydrogen-bond donors (Lipinski definition) is 1. The van der Waals surface area contributed by atoms with E-state index in [-0.39, 0.29) is 11.9 Å². The van der Waals surface area contributed by atoms with Gasteiger partial charge in [0.25, 0.3) is 5.91 Å². The summed E-state index contributed by atoms with van der Waals surface area (Å²) in [6.45, 7) is 4.92. The molecule has 0 radical (unpaired) electrons. The lowest BCUT2D eigenvalue weighted by molar-refractivity contribution is 0.0990. The van der Waals surface area contributed by atoms with Crippen LogP contribution in [0.2, 0.25) is 0 Å². The van der Waals surface area contributed by atoms with E-state index in [0.717, 1.165) is 28.8 Å². The van der Waals surface area contributed by atoms with Crippen LogP contribution >= 0.6 is 0 Å². The van der Waals surface area contributed by atoms with Crippen molar-refractivity contribution in [2.24, 2.45) is 0 Å². The van der Waals surface area contributed by atoms with Gasteiger partial charge in [-0.05, 0) is 55.7 Å². The predicted octanol–water partition coefficient (Wildman–Crippen LogP) is 4.44. The largest absolute Gasteiger partial charge is 0.377 e. The van der Waals surface area contributed by atoms with Gasteiger partial charge in [0.15, 0.2) is 5.82 Å². The Morgan fingerprint density at radius 3 is 2.85 bits per heavy atom. The highest BCUT2D eigenvalue weighted by Crippen LogP contribution is 2.26. The summed E-state index contributed by atoms with van der Waals surface area (Å²) in [5.41, 5.74) is 4.83. The molecule has 1 aromatic carbocycles. The number of rotatable bonds is 1. The lowest BCUT2D eigenvalue weighted by Crippen LogP contribution is -2.17. The van der Waals surface area contributed by atoms with Gasteiger partial charge in [-0.1, -0.05) is 24.3 Å². The second-order valence-corrected chi connectivity index (χ2v) is 8.17. The zero-order valence-corrected chi connectivity index (χ0v) is 18.5. The van der Waals surface area contributed by atoms with Gasteiger partial charge in [-0.2, -0.15) is 0 Å². The van der Waals surface area contributed by atoms with Crippen molar-refractivity contribution in [2.75, 3.05) is 11.9 Å². The summed E-state index contributed by atoms with van der Waals surface area (Å²) in [6, 6.07) is 15.4. The Morgan fingerprint density at radius 2 is 2.00 bits per heavy atom. The third-order valence-corrected chi connectivity index (χ3v) is 5.80. The van der Waals surface area contributed by atoms with Gasteiger partial charge < -0.3 is 14.6 Å². The van der Waals surface area contributed by atoms with Crippen molar-refractivity contribution in [1.82, 2.24) is 24.7 Å². The number of carbonyl (C=O) groups is 1. The maximum absolute atomic E-state index is 13.3. The minimum atomic E-state index is -0.243. The molecule has 1 atom stereocenters. The van der Waals surface area contributed by atoms with Crippen LogP contribution in [0.1, 0.15) is 41.0 Å². The SMILES string of the molecule is Cc1ccc(-c2ccc3c(c2)C(=O)Nc2cccc(n2)-c2nncn2[C@@H](C)CCOC3)cn1. The summed E-state index contributed by atoms with van der Waals surface area (Å²) in [6.07, 6.45) is 4.30. The van der Waals surface area contributed by atoms with Crippen LogP contribution in [0.25, 0.3) is 22.6 Å². The van der Waals surface area contributed by atoms with Gasteiger partial charge in [-0.3, -0.25) is 9.78 Å². The van der Waals surface area contributed by atoms with Crippen LogP contribution in [-0.4, -0.2) is 37.2 Å². The van der Waals surface area contributed by atoms with Crippen LogP contribution in [0, 0.1) is 6.92 Å². The van der Waals surface area contributed by atoms with Crippen LogP contribution in [0.3, 0.4) is 0 Å². The first kappa shape index (κ1) is 21.0. The normalized spacial score (nSPS) is 16.3. The second-order valence-electron chi connectivity index (χ2n) is 8.17. The highest BCUT2D eigenvalue weighted by atomic mass is 16.5. The molecule has 1 amide bonds. The average molecular weight is 441 g/mol. The number of ether oxygens (including phenoxy) is 1. The molecule has 1 aliphatic rings. The number of fused-ring (bicyclic) bond motifs is 5. The zero-order chi connectivity index (χ0) is 22.8. The third-order valence-electron chi connectivity index (χ3n) is 5.80. The lowest BCUT2D eigenvalue weighted by atomic mass is 9.99. The summed E-state index contributed by atoms with van der Waals surface area (Å²) in [5.74, 6) is 0.864. The van der Waals surface area contributed by atoms with Crippen molar-refractivity contribution in [3.05, 3.63) is 77.9 Å². The summed E-state index contributed by atoms with van der Waals surface area (Å²) in [5, 5.41) is 11.3. The quantitative estimate of drug-likeness (QED) is 0.470. The van der Waals surface area contributed by atoms with Crippen molar-refractivity contribution in [3.63, 3.8) is 0 Å². The minimum Gasteiger partial charge on any atom is -0.377 e. The fourth-order valence-corrected chi connectivity index (χ4v) is 3.87. The molecule has 0 saturated carbocycles. The molecule has 1 aliphatic heterocycles. The van der Waals surface area contributed by atoms with Crippen LogP contribution in [0.5, 0.6) is 0 Å². The summed E-state index contributed by atoms with van der Waals surface area (Å²) < 4.78 is 7.95. The molecule has 0 aliphatic carbocycles. The van der Waals surface area contributed by atoms with Crippen molar-refractivity contribution in [2.45, 2.75) is 32.9 Å². The maximum atomic E-state index is 13.3. The standard InChI is InChI=1S/C25H24N6O2/c1-16-6-7-19(13-26-16)18-8-9-20-14-33-11-10-17(2)31-15-27-30-24(31)22-4-3-5-23(28-22)29-25(32)21(20)12-18/h3-9,12-13,15,17H,10-11,14H2,1-2H3,(H,28,29,32)/t17-/m0/s1. The summed E-state index contributed by atoms with van der Waals surface area (Å²) >= 11 is 0. The van der Waals surface area contributed by atoms with Crippen molar-refractivity contribution < 1.29 is 9.53 Å². The van der Waals surface area contributed by atoms with E-state index in [9.17, 15) is 4.79 Å². The van der Waals surface area contributed by atoms with Gasteiger partial charge >= 0.3 is 0 Å². The molecular formula is C25H24N6O2. The Hall–Kier alpha value is -3.91. The highest BCUT2D eigenvalue weighted by Gasteiger charge is 2.18. The first-order chi connectivity index (χ1) is 16.1. The number of carbonyl (C=O) groups excluding carboxylic acids is 1. The molecule has 33 heavy (non-hydrogen) atoms. The average Bonchev–Trinajstić information content (AvgIpc) is 3.32. The molecule has 0 saturated heterocycles. The minimum absolute atomic E-state index is 0.133. The maximum Gasteiger partial charge on any atom is 0.257 e. The number of aromatic nitrogens is 5. The fourth-order valence-electron chi connectivity index (χ4n) is 3.87. The summed E-state index contributed by atoms with van der Waals surface area (Å²) in [7, 11) is 0.